The predicted molar refractivity (Wildman–Crippen MR) is 65.6 cm³/mol. The highest BCUT2D eigenvalue weighted by Gasteiger charge is 2.39. The average molecular weight is 301 g/mol. The van der Waals surface area contributed by atoms with Crippen LogP contribution in [-0.4, -0.2) is 32.6 Å². The third kappa shape index (κ3) is 2.93. The molecule has 1 saturated carbocycles. The molecule has 0 spiro atoms. The largest absolute Gasteiger partial charge is 0.465 e. The summed E-state index contributed by atoms with van der Waals surface area (Å²) in [5, 5.41) is 8.98. The Kier molecular flexibility index (Phi) is 3.26. The molecule has 8 heteroatoms. The Morgan fingerprint density at radius 3 is 2.62 bits per heavy atom. The first-order valence-corrected chi connectivity index (χ1v) is 6.78. The smallest absolute Gasteiger partial charge is 0.433 e. The van der Waals surface area contributed by atoms with Gasteiger partial charge in [0.05, 0.1) is 12.2 Å². The van der Waals surface area contributed by atoms with Gasteiger partial charge in [-0.05, 0) is 25.2 Å². The Morgan fingerprint density at radius 2 is 2.05 bits per heavy atom. The van der Waals surface area contributed by atoms with Crippen molar-refractivity contribution < 1.29 is 23.1 Å². The van der Waals surface area contributed by atoms with E-state index in [-0.39, 0.29) is 36.6 Å². The maximum Gasteiger partial charge on any atom is 0.433 e. The molecule has 5 nitrogen and oxygen atoms in total. The molecule has 1 aliphatic heterocycles. The van der Waals surface area contributed by atoms with Crippen molar-refractivity contribution in [2.24, 2.45) is 5.92 Å². The van der Waals surface area contributed by atoms with Crippen molar-refractivity contribution in [1.82, 2.24) is 14.9 Å². The van der Waals surface area contributed by atoms with E-state index in [1.807, 2.05) is 0 Å². The van der Waals surface area contributed by atoms with Crippen molar-refractivity contribution >= 4 is 6.09 Å². The molecule has 21 heavy (non-hydrogen) atoms. The van der Waals surface area contributed by atoms with Gasteiger partial charge in [-0.15, -0.1) is 0 Å². The van der Waals surface area contributed by atoms with Crippen molar-refractivity contribution in [3.05, 3.63) is 22.8 Å². The Hall–Kier alpha value is -1.86. The van der Waals surface area contributed by atoms with Gasteiger partial charge in [-0.25, -0.2) is 14.8 Å². The van der Waals surface area contributed by atoms with Crippen LogP contribution in [0.5, 0.6) is 0 Å². The van der Waals surface area contributed by atoms with E-state index in [0.717, 1.165) is 17.7 Å². The second-order valence-corrected chi connectivity index (χ2v) is 5.51. The van der Waals surface area contributed by atoms with Gasteiger partial charge in [0.25, 0.3) is 0 Å². The van der Waals surface area contributed by atoms with Crippen LogP contribution in [0.1, 0.15) is 35.6 Å². The number of amides is 1. The number of rotatable bonds is 2. The van der Waals surface area contributed by atoms with Crippen LogP contribution < -0.4 is 0 Å². The summed E-state index contributed by atoms with van der Waals surface area (Å²) in [6.07, 6.45) is -3.26. The Balaban J connectivity index is 2.00. The molecule has 0 atom stereocenters. The normalized spacial score (nSPS) is 18.5. The van der Waals surface area contributed by atoms with Gasteiger partial charge in [-0.1, -0.05) is 0 Å². The van der Waals surface area contributed by atoms with Crippen LogP contribution in [0.3, 0.4) is 0 Å². The number of carbonyl (C=O) groups is 1. The minimum atomic E-state index is -4.53. The average Bonchev–Trinajstić information content (AvgIpc) is 3.19. The van der Waals surface area contributed by atoms with Crippen LogP contribution in [0.25, 0.3) is 0 Å². The van der Waals surface area contributed by atoms with Crippen LogP contribution in [-0.2, 0) is 25.6 Å². The summed E-state index contributed by atoms with van der Waals surface area (Å²) in [7, 11) is 0. The summed E-state index contributed by atoms with van der Waals surface area (Å²) < 4.78 is 39.4. The maximum absolute atomic E-state index is 13.1. The van der Waals surface area contributed by atoms with Gasteiger partial charge in [0.2, 0.25) is 0 Å². The molecular formula is C13H14F3N3O2. The molecular weight excluding hydrogens is 287 g/mol. The van der Waals surface area contributed by atoms with E-state index in [1.54, 1.807) is 0 Å². The van der Waals surface area contributed by atoms with E-state index in [1.165, 1.54) is 0 Å². The number of alkyl halides is 3. The van der Waals surface area contributed by atoms with E-state index in [4.69, 9.17) is 5.11 Å². The van der Waals surface area contributed by atoms with Gasteiger partial charge in [0.15, 0.2) is 5.69 Å². The van der Waals surface area contributed by atoms with Gasteiger partial charge < -0.3 is 10.0 Å². The molecule has 0 unspecified atom stereocenters. The number of nitrogens with zero attached hydrogens (tertiary/aromatic N) is 3. The first-order chi connectivity index (χ1) is 9.84. The molecule has 2 heterocycles. The van der Waals surface area contributed by atoms with E-state index < -0.39 is 18.0 Å². The van der Waals surface area contributed by atoms with Crippen molar-refractivity contribution in [3.63, 3.8) is 0 Å². The van der Waals surface area contributed by atoms with Crippen LogP contribution in [0.4, 0.5) is 18.0 Å². The number of fused-ring (bicyclic) bond motifs is 1. The summed E-state index contributed by atoms with van der Waals surface area (Å²) in [5.41, 5.74) is -0.658. The van der Waals surface area contributed by atoms with Crippen molar-refractivity contribution in [2.45, 2.75) is 38.4 Å². The zero-order valence-corrected chi connectivity index (χ0v) is 11.2. The number of carboxylic acid groups (broad SMARTS) is 1. The quantitative estimate of drug-likeness (QED) is 0.911. The predicted octanol–water partition coefficient (Wildman–Crippen LogP) is 2.48. The summed E-state index contributed by atoms with van der Waals surface area (Å²) in [6.45, 7) is -0.0648. The lowest BCUT2D eigenvalue weighted by Gasteiger charge is -2.27. The summed E-state index contributed by atoms with van der Waals surface area (Å²) in [6, 6.07) is 0. The van der Waals surface area contributed by atoms with Gasteiger partial charge >= 0.3 is 12.3 Å². The molecule has 0 bridgehead atoms. The molecule has 0 radical (unpaired) electrons. The molecule has 3 rings (SSSR count). The van der Waals surface area contributed by atoms with Crippen LogP contribution in [0.2, 0.25) is 0 Å². The first-order valence-electron chi connectivity index (χ1n) is 6.78. The fourth-order valence-corrected chi connectivity index (χ4v) is 2.55. The molecule has 0 aromatic carbocycles. The topological polar surface area (TPSA) is 66.3 Å². The van der Waals surface area contributed by atoms with E-state index in [2.05, 4.69) is 9.97 Å². The second-order valence-electron chi connectivity index (χ2n) is 5.51. The highest BCUT2D eigenvalue weighted by Crippen LogP contribution is 2.36. The van der Waals surface area contributed by atoms with Gasteiger partial charge in [0.1, 0.15) is 5.82 Å². The summed E-state index contributed by atoms with van der Waals surface area (Å²) >= 11 is 0. The lowest BCUT2D eigenvalue weighted by Crippen LogP contribution is -2.37. The van der Waals surface area contributed by atoms with Crippen molar-refractivity contribution in [1.29, 1.82) is 0 Å². The van der Waals surface area contributed by atoms with E-state index >= 15 is 0 Å². The molecule has 0 saturated heterocycles. The van der Waals surface area contributed by atoms with Gasteiger partial charge in [-0.2, -0.15) is 13.2 Å². The molecule has 1 aromatic heterocycles. The van der Waals surface area contributed by atoms with Crippen LogP contribution in [0.15, 0.2) is 0 Å². The fraction of sp³-hybridized carbons (Fsp3) is 0.615. The summed E-state index contributed by atoms with van der Waals surface area (Å²) in [4.78, 5) is 19.9. The number of hydrogen-bond acceptors (Lipinski definition) is 3. The van der Waals surface area contributed by atoms with Crippen LogP contribution in [0, 0.1) is 5.92 Å². The zero-order valence-electron chi connectivity index (χ0n) is 11.2. The van der Waals surface area contributed by atoms with Crippen LogP contribution >= 0.6 is 0 Å². The Labute approximate surface area is 118 Å². The standard InChI is InChI=1S/C13H14F3N3O2/c14-13(15,16)11-8-3-4-19(12(20)21)6-9(8)17-10(18-11)5-7-1-2-7/h7H,1-6H2,(H,20,21). The summed E-state index contributed by atoms with van der Waals surface area (Å²) in [5.74, 6) is 0.541. The molecule has 1 aliphatic carbocycles. The minimum absolute atomic E-state index is 0.000184. The highest BCUT2D eigenvalue weighted by molar-refractivity contribution is 5.65. The molecule has 1 N–H and O–H groups in total. The third-order valence-corrected chi connectivity index (χ3v) is 3.82. The Bertz CT molecular complexity index is 585. The number of halogens is 3. The lowest BCUT2D eigenvalue weighted by atomic mass is 10.0. The second kappa shape index (κ2) is 4.85. The maximum atomic E-state index is 13.1. The minimum Gasteiger partial charge on any atom is -0.465 e. The third-order valence-electron chi connectivity index (χ3n) is 3.82. The molecule has 1 fully saturated rings. The lowest BCUT2D eigenvalue weighted by molar-refractivity contribution is -0.142. The molecule has 1 aromatic rings. The number of aromatic nitrogens is 2. The molecule has 1 amide bonds. The SMILES string of the molecule is O=C(O)N1CCc2c(nc(CC3CC3)nc2C(F)(F)F)C1. The van der Waals surface area contributed by atoms with E-state index in [9.17, 15) is 18.0 Å². The zero-order chi connectivity index (χ0) is 15.2. The monoisotopic (exact) mass is 301 g/mol. The molecule has 2 aliphatic rings. The van der Waals surface area contributed by atoms with E-state index in [0.29, 0.717) is 12.3 Å². The fourth-order valence-electron chi connectivity index (χ4n) is 2.55. The molecule has 114 valence electrons. The van der Waals surface area contributed by atoms with Gasteiger partial charge in [-0.3, -0.25) is 0 Å². The highest BCUT2D eigenvalue weighted by atomic mass is 19.4. The first kappa shape index (κ1) is 14.1. The van der Waals surface area contributed by atoms with Gasteiger partial charge in [0, 0.05) is 18.5 Å². The van der Waals surface area contributed by atoms with Crippen molar-refractivity contribution in [2.75, 3.05) is 6.54 Å². The Morgan fingerprint density at radius 1 is 1.33 bits per heavy atom. The number of hydrogen-bond donors (Lipinski definition) is 1. The van der Waals surface area contributed by atoms with Crippen molar-refractivity contribution in [3.8, 4) is 0 Å².